The Morgan fingerprint density at radius 3 is 2.63 bits per heavy atom. The van der Waals surface area contributed by atoms with E-state index in [-0.39, 0.29) is 12.1 Å². The normalized spacial score (nSPS) is 20.5. The molecular weight excluding hydrogens is 357 g/mol. The molecule has 1 fully saturated rings. The van der Waals surface area contributed by atoms with E-state index >= 15 is 0 Å². The molecule has 3 aromatic rings. The van der Waals surface area contributed by atoms with Crippen molar-refractivity contribution >= 4 is 11.6 Å². The molecule has 0 radical (unpaired) electrons. The molecule has 2 aromatic heterocycles. The molecular formula is C18H19F3N6. The number of nitrogens with one attached hydrogen (secondary N) is 1. The molecule has 1 saturated heterocycles. The van der Waals surface area contributed by atoms with Gasteiger partial charge in [-0.2, -0.15) is 14.6 Å². The number of likely N-dealkylation sites (N-methyl/N-ethyl adjacent to an activating group) is 1. The molecule has 0 aliphatic carbocycles. The Bertz CT molecular complexity index is 965. The van der Waals surface area contributed by atoms with Crippen LogP contribution in [0.25, 0.3) is 5.78 Å². The van der Waals surface area contributed by atoms with Crippen molar-refractivity contribution in [3.05, 3.63) is 53.2 Å². The summed E-state index contributed by atoms with van der Waals surface area (Å²) in [5, 5.41) is 7.59. The zero-order valence-electron chi connectivity index (χ0n) is 15.0. The van der Waals surface area contributed by atoms with Crippen LogP contribution in [0.4, 0.5) is 19.0 Å². The van der Waals surface area contributed by atoms with E-state index in [4.69, 9.17) is 0 Å². The van der Waals surface area contributed by atoms with Gasteiger partial charge in [0.1, 0.15) is 12.1 Å². The third kappa shape index (κ3) is 3.12. The van der Waals surface area contributed by atoms with Gasteiger partial charge in [0, 0.05) is 24.3 Å². The molecule has 1 N–H and O–H groups in total. The Labute approximate surface area is 154 Å². The highest BCUT2D eigenvalue weighted by Gasteiger charge is 2.36. The van der Waals surface area contributed by atoms with Crippen LogP contribution in [0.1, 0.15) is 30.6 Å². The van der Waals surface area contributed by atoms with Crippen LogP contribution < -0.4 is 5.32 Å². The van der Waals surface area contributed by atoms with Crippen molar-refractivity contribution in [1.82, 2.24) is 24.5 Å². The molecule has 0 amide bonds. The third-order valence-corrected chi connectivity index (χ3v) is 4.97. The summed E-state index contributed by atoms with van der Waals surface area (Å²) in [5.74, 6) is -2.63. The molecule has 27 heavy (non-hydrogen) atoms. The van der Waals surface area contributed by atoms with Gasteiger partial charge in [0.15, 0.2) is 17.5 Å². The molecule has 3 heterocycles. The Balaban J connectivity index is 1.72. The number of anilines is 1. The summed E-state index contributed by atoms with van der Waals surface area (Å²) in [7, 11) is 0. The molecule has 2 unspecified atom stereocenters. The molecule has 142 valence electrons. The largest absolute Gasteiger partial charge is 0.365 e. The molecule has 2 atom stereocenters. The van der Waals surface area contributed by atoms with E-state index in [1.165, 1.54) is 6.33 Å². The number of nitrogens with zero attached hydrogens (tertiary/aromatic N) is 5. The number of rotatable bonds is 4. The second kappa shape index (κ2) is 6.80. The van der Waals surface area contributed by atoms with Crippen LogP contribution in [-0.2, 0) is 0 Å². The molecule has 0 spiro atoms. The molecule has 6 nitrogen and oxygen atoms in total. The number of aromatic nitrogens is 4. The second-order valence-electron chi connectivity index (χ2n) is 6.67. The number of aryl methyl sites for hydroxylation is 1. The summed E-state index contributed by atoms with van der Waals surface area (Å²) in [6.45, 7) is 5.30. The summed E-state index contributed by atoms with van der Waals surface area (Å²) in [6, 6.07) is 3.57. The monoisotopic (exact) mass is 376 g/mol. The summed E-state index contributed by atoms with van der Waals surface area (Å²) in [6.07, 6.45) is 2.18. The Kier molecular flexibility index (Phi) is 4.47. The molecule has 0 bridgehead atoms. The van der Waals surface area contributed by atoms with E-state index in [0.29, 0.717) is 23.7 Å². The van der Waals surface area contributed by atoms with E-state index in [9.17, 15) is 13.2 Å². The van der Waals surface area contributed by atoms with Gasteiger partial charge in [-0.1, -0.05) is 6.92 Å². The average molecular weight is 376 g/mol. The van der Waals surface area contributed by atoms with Gasteiger partial charge in [-0.05, 0) is 37.6 Å². The minimum Gasteiger partial charge on any atom is -0.365 e. The third-order valence-electron chi connectivity index (χ3n) is 4.97. The van der Waals surface area contributed by atoms with Crippen molar-refractivity contribution < 1.29 is 13.2 Å². The average Bonchev–Trinajstić information content (AvgIpc) is 3.25. The van der Waals surface area contributed by atoms with Crippen molar-refractivity contribution in [1.29, 1.82) is 0 Å². The summed E-state index contributed by atoms with van der Waals surface area (Å²) in [4.78, 5) is 10.5. The lowest BCUT2D eigenvalue weighted by atomic mass is 9.99. The second-order valence-corrected chi connectivity index (χ2v) is 6.67. The Morgan fingerprint density at radius 1 is 1.19 bits per heavy atom. The topological polar surface area (TPSA) is 58.3 Å². The number of fused-ring (bicyclic) bond motifs is 1. The van der Waals surface area contributed by atoms with Crippen molar-refractivity contribution in [3.63, 3.8) is 0 Å². The fourth-order valence-corrected chi connectivity index (χ4v) is 3.77. The van der Waals surface area contributed by atoms with E-state index < -0.39 is 17.5 Å². The van der Waals surface area contributed by atoms with Crippen LogP contribution in [-0.4, -0.2) is 43.6 Å². The van der Waals surface area contributed by atoms with Crippen LogP contribution >= 0.6 is 0 Å². The summed E-state index contributed by atoms with van der Waals surface area (Å²) >= 11 is 0. The van der Waals surface area contributed by atoms with Crippen LogP contribution in [0, 0.1) is 24.4 Å². The lowest BCUT2D eigenvalue weighted by Crippen LogP contribution is -2.32. The first-order valence-corrected chi connectivity index (χ1v) is 8.80. The van der Waals surface area contributed by atoms with Crippen molar-refractivity contribution in [2.24, 2.45) is 0 Å². The molecule has 1 aromatic carbocycles. The fourth-order valence-electron chi connectivity index (χ4n) is 3.77. The van der Waals surface area contributed by atoms with Gasteiger partial charge in [-0.15, -0.1) is 0 Å². The molecule has 1 aliphatic rings. The lowest BCUT2D eigenvalue weighted by molar-refractivity contribution is 0.263. The highest BCUT2D eigenvalue weighted by Crippen LogP contribution is 2.35. The summed E-state index contributed by atoms with van der Waals surface area (Å²) < 4.78 is 42.6. The zero-order valence-corrected chi connectivity index (χ0v) is 15.0. The molecule has 0 saturated carbocycles. The SMILES string of the molecule is CCN1CCC(Nc2cc(C)nc3ncnn23)C1c1cc(F)c(F)c(F)c1. The van der Waals surface area contributed by atoms with E-state index in [2.05, 4.69) is 25.3 Å². The number of hydrogen-bond donors (Lipinski definition) is 1. The number of benzene rings is 1. The van der Waals surface area contributed by atoms with E-state index in [0.717, 1.165) is 30.8 Å². The van der Waals surface area contributed by atoms with Gasteiger partial charge in [0.2, 0.25) is 0 Å². The number of hydrogen-bond acceptors (Lipinski definition) is 5. The predicted molar refractivity (Wildman–Crippen MR) is 93.9 cm³/mol. The maximum atomic E-state index is 13.8. The number of halogens is 3. The van der Waals surface area contributed by atoms with E-state index in [1.54, 1.807) is 4.52 Å². The maximum absolute atomic E-state index is 13.8. The van der Waals surface area contributed by atoms with E-state index in [1.807, 2.05) is 19.9 Å². The maximum Gasteiger partial charge on any atom is 0.254 e. The standard InChI is InChI=1S/C18H19F3N6/c1-3-26-5-4-14(17(26)11-7-12(19)16(21)13(20)8-11)25-15-6-10(2)24-18-22-9-23-27(15)18/h6-9,14,17,25H,3-5H2,1-2H3. The van der Waals surface area contributed by atoms with Gasteiger partial charge in [0.05, 0.1) is 6.04 Å². The van der Waals surface area contributed by atoms with Gasteiger partial charge in [0.25, 0.3) is 5.78 Å². The van der Waals surface area contributed by atoms with Gasteiger partial charge in [-0.25, -0.2) is 18.2 Å². The van der Waals surface area contributed by atoms with Gasteiger partial charge < -0.3 is 5.32 Å². The van der Waals surface area contributed by atoms with Crippen LogP contribution in [0.2, 0.25) is 0 Å². The van der Waals surface area contributed by atoms with Crippen molar-refractivity contribution in [2.45, 2.75) is 32.4 Å². The van der Waals surface area contributed by atoms with Gasteiger partial charge in [-0.3, -0.25) is 4.90 Å². The quantitative estimate of drug-likeness (QED) is 0.709. The fraction of sp³-hybridized carbons (Fsp3) is 0.389. The van der Waals surface area contributed by atoms with Crippen LogP contribution in [0.3, 0.4) is 0 Å². The zero-order chi connectivity index (χ0) is 19.1. The molecule has 9 heteroatoms. The van der Waals surface area contributed by atoms with Crippen LogP contribution in [0.5, 0.6) is 0 Å². The first-order valence-electron chi connectivity index (χ1n) is 8.80. The smallest absolute Gasteiger partial charge is 0.254 e. The molecule has 1 aliphatic heterocycles. The highest BCUT2D eigenvalue weighted by molar-refractivity contribution is 5.46. The van der Waals surface area contributed by atoms with Crippen LogP contribution in [0.15, 0.2) is 24.5 Å². The Morgan fingerprint density at radius 2 is 1.93 bits per heavy atom. The van der Waals surface area contributed by atoms with Gasteiger partial charge >= 0.3 is 0 Å². The minimum absolute atomic E-state index is 0.136. The highest BCUT2D eigenvalue weighted by atomic mass is 19.2. The summed E-state index contributed by atoms with van der Waals surface area (Å²) in [5.41, 5.74) is 1.18. The van der Waals surface area contributed by atoms with Crippen molar-refractivity contribution in [2.75, 3.05) is 18.4 Å². The first-order chi connectivity index (χ1) is 13.0. The first kappa shape index (κ1) is 17.7. The molecule has 4 rings (SSSR count). The van der Waals surface area contributed by atoms with Crippen molar-refractivity contribution in [3.8, 4) is 0 Å². The minimum atomic E-state index is -1.45. The Hall–Kier alpha value is -2.68. The number of likely N-dealkylation sites (tertiary alicyclic amines) is 1. The lowest BCUT2D eigenvalue weighted by Gasteiger charge is -2.29. The predicted octanol–water partition coefficient (Wildman–Crippen LogP) is 3.10.